The molecule has 1 fully saturated rings. The number of hydrogen-bond acceptors (Lipinski definition) is 4. The molecule has 2 aliphatic rings. The molecule has 3 atom stereocenters. The fraction of sp³-hybridized carbons (Fsp3) is 0.367. The molecule has 0 bridgehead atoms. The molecule has 3 unspecified atom stereocenters. The van der Waals surface area contributed by atoms with Crippen molar-refractivity contribution < 1.29 is 22.7 Å². The van der Waals surface area contributed by atoms with Gasteiger partial charge in [0, 0.05) is 17.3 Å². The molecule has 0 aliphatic heterocycles. The van der Waals surface area contributed by atoms with Crippen molar-refractivity contribution in [2.75, 3.05) is 11.2 Å². The number of nitrogens with two attached hydrogens (primary N) is 1. The number of amides is 3. The number of nitrogens with zero attached hydrogens (tertiary/aromatic N) is 3. The average Bonchev–Trinajstić information content (AvgIpc) is 2.97. The summed E-state index contributed by atoms with van der Waals surface area (Å²) in [6.07, 6.45) is 9.12. The average molecular weight is 596 g/mol. The van der Waals surface area contributed by atoms with E-state index in [4.69, 9.17) is 11.3 Å². The van der Waals surface area contributed by atoms with Crippen LogP contribution in [0.5, 0.6) is 0 Å². The van der Waals surface area contributed by atoms with E-state index in [-0.39, 0.29) is 17.0 Å². The number of carbonyl (C=O) groups excluding carboxylic acids is 2. The maximum atomic E-state index is 15.1. The van der Waals surface area contributed by atoms with Crippen LogP contribution in [0.15, 0.2) is 81.8 Å². The quantitative estimate of drug-likeness (QED) is 0.132. The number of aliphatic imine (C=N–C) groups is 1. The van der Waals surface area contributed by atoms with E-state index in [0.717, 1.165) is 25.2 Å². The van der Waals surface area contributed by atoms with Gasteiger partial charge in [0.1, 0.15) is 12.4 Å². The molecule has 0 aromatic heterocycles. The number of halogens is 1. The van der Waals surface area contributed by atoms with Crippen molar-refractivity contribution >= 4 is 33.8 Å². The Morgan fingerprint density at radius 1 is 1.14 bits per heavy atom. The van der Waals surface area contributed by atoms with Gasteiger partial charge in [-0.25, -0.2) is 14.7 Å². The third-order valence-corrected chi connectivity index (χ3v) is 8.79. The highest BCUT2D eigenvalue weighted by atomic mass is 32.3. The van der Waals surface area contributed by atoms with Crippen molar-refractivity contribution in [3.05, 3.63) is 88.4 Å². The summed E-state index contributed by atoms with van der Waals surface area (Å²) in [6.45, 7) is 1.55. The molecule has 0 saturated heterocycles. The molecule has 3 amide bonds. The van der Waals surface area contributed by atoms with Gasteiger partial charge in [-0.05, 0) is 73.2 Å². The topological polar surface area (TPSA) is 161 Å². The lowest BCUT2D eigenvalue weighted by atomic mass is 9.84. The van der Waals surface area contributed by atoms with Gasteiger partial charge in [-0.2, -0.15) is 9.55 Å². The minimum atomic E-state index is -3.38. The van der Waals surface area contributed by atoms with Gasteiger partial charge in [-0.15, -0.1) is 5.11 Å². The van der Waals surface area contributed by atoms with E-state index in [9.17, 15) is 18.4 Å². The summed E-state index contributed by atoms with van der Waals surface area (Å²) in [5.74, 6) is -0.641. The minimum absolute atomic E-state index is 0.0318. The summed E-state index contributed by atoms with van der Waals surface area (Å²) >= 11 is 0. The summed E-state index contributed by atoms with van der Waals surface area (Å²) in [6, 6.07) is 13.5. The van der Waals surface area contributed by atoms with Crippen molar-refractivity contribution in [3.8, 4) is 0 Å². The van der Waals surface area contributed by atoms with E-state index in [1.165, 1.54) is 60.9 Å². The molecule has 2 aliphatic carbocycles. The van der Waals surface area contributed by atoms with Crippen molar-refractivity contribution in [2.24, 2.45) is 15.8 Å². The second kappa shape index (κ2) is 12.9. The Labute approximate surface area is 245 Å². The molecule has 2 aromatic carbocycles. The highest BCUT2D eigenvalue weighted by molar-refractivity contribution is 8.00. The summed E-state index contributed by atoms with van der Waals surface area (Å²) < 4.78 is 37.4. The molecule has 42 heavy (non-hydrogen) atoms. The number of carbonyl (C=O) groups is 2. The fourth-order valence-electron chi connectivity index (χ4n) is 5.21. The van der Waals surface area contributed by atoms with Crippen LogP contribution in [-0.4, -0.2) is 40.4 Å². The molecular weight excluding hydrogens is 559 g/mol. The maximum Gasteiger partial charge on any atom is 0.322 e. The number of guanidine groups is 1. The van der Waals surface area contributed by atoms with E-state index in [1.54, 1.807) is 12.1 Å². The highest BCUT2D eigenvalue weighted by Crippen LogP contribution is 2.34. The number of nitrogens with one attached hydrogen (secondary N) is 2. The van der Waals surface area contributed by atoms with Crippen LogP contribution in [-0.2, 0) is 21.0 Å². The Morgan fingerprint density at radius 3 is 2.38 bits per heavy atom. The molecule has 222 valence electrons. The number of rotatable bonds is 7. The fourth-order valence-corrected chi connectivity index (χ4v) is 6.01. The Balaban J connectivity index is 1.63. The first kappa shape index (κ1) is 30.9. The zero-order valence-corrected chi connectivity index (χ0v) is 24.4. The first-order chi connectivity index (χ1) is 19.9. The summed E-state index contributed by atoms with van der Waals surface area (Å²) in [7, 11) is -3.38. The molecule has 5 N–H and O–H groups in total. The standard InChI is InChI=1S/C30H35FN6O4S/c1-30(18-25(42(2,40)41)16-17-26(30)31)35-29(39)37(24-14-12-22(13-15-24)21-6-4-3-5-7-21)19-20-8-10-23(11-9-20)27(38)34-28(32)36-33/h8-18,21,26,33H,3-7,19H2,1-2H3,(H3-,32,34,35,38,39,40,41)/p+1. The number of alkyl halides is 1. The van der Waals surface area contributed by atoms with Crippen LogP contribution in [0.25, 0.3) is 0 Å². The monoisotopic (exact) mass is 595 g/mol. The van der Waals surface area contributed by atoms with Crippen LogP contribution in [0.1, 0.15) is 66.4 Å². The lowest BCUT2D eigenvalue weighted by Crippen LogP contribution is -2.56. The van der Waals surface area contributed by atoms with Crippen molar-refractivity contribution in [1.82, 2.24) is 5.32 Å². The number of anilines is 1. The van der Waals surface area contributed by atoms with Gasteiger partial charge in [0.05, 0.1) is 12.1 Å². The van der Waals surface area contributed by atoms with E-state index in [2.05, 4.69) is 15.4 Å². The maximum absolute atomic E-state index is 15.1. The van der Waals surface area contributed by atoms with Crippen LogP contribution in [0.2, 0.25) is 0 Å². The number of hydrogen-bond donors (Lipinski definition) is 4. The highest BCUT2D eigenvalue weighted by Gasteiger charge is 2.41. The largest absolute Gasteiger partial charge is 0.366 e. The molecule has 0 radical (unpaired) electrons. The molecule has 12 heteroatoms. The molecule has 0 heterocycles. The van der Waals surface area contributed by atoms with Crippen LogP contribution < -0.4 is 16.0 Å². The Morgan fingerprint density at radius 2 is 1.79 bits per heavy atom. The Hall–Kier alpha value is -4.03. The van der Waals surface area contributed by atoms with Crippen LogP contribution in [0.3, 0.4) is 0 Å². The first-order valence-corrected chi connectivity index (χ1v) is 15.6. The van der Waals surface area contributed by atoms with Gasteiger partial charge in [0.2, 0.25) is 16.2 Å². The van der Waals surface area contributed by atoms with Gasteiger partial charge in [-0.3, -0.25) is 9.69 Å². The third kappa shape index (κ3) is 7.42. The number of benzene rings is 2. The Bertz CT molecular complexity index is 1460. The third-order valence-electron chi connectivity index (χ3n) is 7.66. The Kier molecular flexibility index (Phi) is 9.47. The summed E-state index contributed by atoms with van der Waals surface area (Å²) in [4.78, 5) is 31.1. The van der Waals surface area contributed by atoms with E-state index in [1.807, 2.05) is 24.3 Å². The van der Waals surface area contributed by atoms with Crippen LogP contribution in [0, 0.1) is 5.53 Å². The minimum Gasteiger partial charge on any atom is -0.366 e. The SMILES string of the molecule is CC1(NC(=O)N(Cc2ccc(C(=O)N=C(N)N=N)cc2)c2ccc(C3CCCCC3)cc2)C=C([S+](C)(=O)O)C=CC1F. The van der Waals surface area contributed by atoms with E-state index >= 15 is 4.39 Å². The molecule has 2 aromatic rings. The van der Waals surface area contributed by atoms with Gasteiger partial charge in [0.25, 0.3) is 5.91 Å². The summed E-state index contributed by atoms with van der Waals surface area (Å²) in [5, 5.41) is 5.65. The summed E-state index contributed by atoms with van der Waals surface area (Å²) in [5.41, 5.74) is 13.3. The van der Waals surface area contributed by atoms with Gasteiger partial charge in [-0.1, -0.05) is 47.7 Å². The zero-order chi connectivity index (χ0) is 30.5. The number of urea groups is 1. The predicted octanol–water partition coefficient (Wildman–Crippen LogP) is 6.09. The first-order valence-electron chi connectivity index (χ1n) is 13.7. The molecular formula is C30H36FN6O4S+. The van der Waals surface area contributed by atoms with Crippen LogP contribution in [0.4, 0.5) is 14.9 Å². The lowest BCUT2D eigenvalue weighted by molar-refractivity contribution is 0.100. The zero-order valence-electron chi connectivity index (χ0n) is 23.6. The molecule has 1 saturated carbocycles. The van der Waals surface area contributed by atoms with E-state index < -0.39 is 39.8 Å². The molecule has 0 spiro atoms. The second-order valence-electron chi connectivity index (χ2n) is 10.9. The number of allylic oxidation sites excluding steroid dienone is 1. The smallest absolute Gasteiger partial charge is 0.322 e. The van der Waals surface area contributed by atoms with Crippen molar-refractivity contribution in [1.29, 1.82) is 5.53 Å². The van der Waals surface area contributed by atoms with Crippen molar-refractivity contribution in [3.63, 3.8) is 0 Å². The van der Waals surface area contributed by atoms with Crippen molar-refractivity contribution in [2.45, 2.75) is 63.2 Å². The lowest BCUT2D eigenvalue weighted by Gasteiger charge is -2.34. The van der Waals surface area contributed by atoms with E-state index in [0.29, 0.717) is 17.2 Å². The predicted molar refractivity (Wildman–Crippen MR) is 162 cm³/mol. The second-order valence-corrected chi connectivity index (χ2v) is 13.0. The van der Waals surface area contributed by atoms with Gasteiger partial charge >= 0.3 is 6.03 Å². The van der Waals surface area contributed by atoms with Gasteiger partial charge < -0.3 is 11.1 Å². The molecule has 10 nitrogen and oxygen atoms in total. The molecule has 4 rings (SSSR count). The van der Waals surface area contributed by atoms with Crippen LogP contribution >= 0.6 is 0 Å². The van der Waals surface area contributed by atoms with Gasteiger partial charge in [0.15, 0.2) is 4.91 Å². The normalized spacial score (nSPS) is 22.5.